The molecule has 4 rings (SSSR count). The summed E-state index contributed by atoms with van der Waals surface area (Å²) in [5.74, 6) is -0.305. The highest BCUT2D eigenvalue weighted by Gasteiger charge is 2.38. The maximum absolute atomic E-state index is 12.8. The Bertz CT molecular complexity index is 973. The van der Waals surface area contributed by atoms with Crippen LogP contribution in [0.4, 0.5) is 13.2 Å². The molecule has 0 saturated heterocycles. The Balaban J connectivity index is 1.62. The van der Waals surface area contributed by atoms with Gasteiger partial charge in [-0.05, 0) is 36.6 Å². The molecule has 1 aliphatic carbocycles. The molecule has 1 fully saturated rings. The molecule has 27 heavy (non-hydrogen) atoms. The average Bonchev–Trinajstić information content (AvgIpc) is 3.30. The van der Waals surface area contributed by atoms with Crippen LogP contribution >= 0.6 is 0 Å². The van der Waals surface area contributed by atoms with Gasteiger partial charge in [0.2, 0.25) is 0 Å². The molecule has 2 heterocycles. The fourth-order valence-corrected chi connectivity index (χ4v) is 3.69. The number of benzene rings is 1. The van der Waals surface area contributed by atoms with Gasteiger partial charge in [-0.3, -0.25) is 4.79 Å². The van der Waals surface area contributed by atoms with E-state index in [1.807, 2.05) is 0 Å². The van der Waals surface area contributed by atoms with E-state index in [0.717, 1.165) is 25.0 Å². The van der Waals surface area contributed by atoms with Crippen LogP contribution in [-0.2, 0) is 11.7 Å². The average molecular weight is 374 g/mol. The highest BCUT2D eigenvalue weighted by atomic mass is 19.4. The van der Waals surface area contributed by atoms with Crippen molar-refractivity contribution in [3.05, 3.63) is 59.5 Å². The van der Waals surface area contributed by atoms with E-state index in [1.165, 1.54) is 24.7 Å². The Hall–Kier alpha value is -2.90. The molecule has 3 aromatic rings. The minimum Gasteiger partial charge on any atom is -0.343 e. The van der Waals surface area contributed by atoms with Gasteiger partial charge in [0.05, 0.1) is 28.5 Å². The first-order valence-corrected chi connectivity index (χ1v) is 8.67. The van der Waals surface area contributed by atoms with Gasteiger partial charge in [-0.25, -0.2) is 9.97 Å². The predicted molar refractivity (Wildman–Crippen MR) is 92.9 cm³/mol. The molecule has 0 radical (unpaired) electrons. The maximum atomic E-state index is 12.8. The minimum absolute atomic E-state index is 0.305. The number of H-pyrrole nitrogens is 1. The number of alkyl halides is 3. The lowest BCUT2D eigenvalue weighted by molar-refractivity contribution is -0.137. The van der Waals surface area contributed by atoms with Gasteiger partial charge in [0.15, 0.2) is 5.65 Å². The monoisotopic (exact) mass is 374 g/mol. The maximum Gasteiger partial charge on any atom is 0.416 e. The van der Waals surface area contributed by atoms with Gasteiger partial charge in [-0.15, -0.1) is 0 Å². The normalized spacial score (nSPS) is 16.6. The van der Waals surface area contributed by atoms with Crippen LogP contribution in [0.1, 0.15) is 47.2 Å². The van der Waals surface area contributed by atoms with Crippen LogP contribution < -0.4 is 5.32 Å². The second-order valence-electron chi connectivity index (χ2n) is 6.82. The van der Waals surface area contributed by atoms with E-state index in [9.17, 15) is 18.0 Å². The second-order valence-corrected chi connectivity index (χ2v) is 6.82. The first kappa shape index (κ1) is 17.5. The molecule has 1 amide bonds. The Kier molecular flexibility index (Phi) is 4.13. The predicted octanol–water partition coefficient (Wildman–Crippen LogP) is 4.18. The lowest BCUT2D eigenvalue weighted by Gasteiger charge is -2.31. The number of nitrogens with zero attached hydrogens (tertiary/aromatic N) is 2. The van der Waals surface area contributed by atoms with Crippen molar-refractivity contribution in [3.8, 4) is 0 Å². The van der Waals surface area contributed by atoms with Crippen LogP contribution in [-0.4, -0.2) is 20.9 Å². The van der Waals surface area contributed by atoms with E-state index in [2.05, 4.69) is 20.3 Å². The third-order valence-electron chi connectivity index (χ3n) is 5.11. The van der Waals surface area contributed by atoms with Crippen molar-refractivity contribution in [1.82, 2.24) is 20.3 Å². The van der Waals surface area contributed by atoms with Gasteiger partial charge in [0, 0.05) is 6.20 Å². The molecule has 2 aromatic heterocycles. The van der Waals surface area contributed by atoms with Crippen molar-refractivity contribution >= 4 is 17.1 Å². The van der Waals surface area contributed by atoms with Gasteiger partial charge in [0.25, 0.3) is 5.91 Å². The van der Waals surface area contributed by atoms with Crippen molar-refractivity contribution in [2.24, 2.45) is 0 Å². The summed E-state index contributed by atoms with van der Waals surface area (Å²) >= 11 is 0. The van der Waals surface area contributed by atoms with Crippen LogP contribution in [0.5, 0.6) is 0 Å². The molecule has 1 aromatic carbocycles. The van der Waals surface area contributed by atoms with Crippen molar-refractivity contribution in [2.45, 2.75) is 37.4 Å². The molecule has 0 spiro atoms. The van der Waals surface area contributed by atoms with E-state index in [0.29, 0.717) is 35.1 Å². The molecule has 1 saturated carbocycles. The van der Waals surface area contributed by atoms with Crippen molar-refractivity contribution in [2.75, 3.05) is 0 Å². The first-order chi connectivity index (χ1) is 12.9. The van der Waals surface area contributed by atoms with Gasteiger partial charge in [-0.2, -0.15) is 13.2 Å². The molecule has 8 heteroatoms. The third kappa shape index (κ3) is 3.27. The van der Waals surface area contributed by atoms with Crippen LogP contribution in [0, 0.1) is 0 Å². The molecule has 5 nitrogen and oxygen atoms in total. The van der Waals surface area contributed by atoms with Crippen molar-refractivity contribution in [1.29, 1.82) is 0 Å². The number of nitrogens with one attached hydrogen (secondary N) is 2. The number of carbonyl (C=O) groups is 1. The first-order valence-electron chi connectivity index (χ1n) is 8.67. The fraction of sp³-hybridized carbons (Fsp3) is 0.316. The Morgan fingerprint density at radius 3 is 2.48 bits per heavy atom. The molecule has 0 aliphatic heterocycles. The van der Waals surface area contributed by atoms with Gasteiger partial charge >= 0.3 is 6.18 Å². The highest BCUT2D eigenvalue weighted by Crippen LogP contribution is 2.40. The lowest BCUT2D eigenvalue weighted by Crippen LogP contribution is -2.43. The van der Waals surface area contributed by atoms with Gasteiger partial charge < -0.3 is 10.3 Å². The fourth-order valence-electron chi connectivity index (χ4n) is 3.69. The molecule has 1 aliphatic rings. The number of halogens is 3. The largest absolute Gasteiger partial charge is 0.416 e. The summed E-state index contributed by atoms with van der Waals surface area (Å²) in [6.07, 6.45) is 1.75. The number of fused-ring (bicyclic) bond motifs is 1. The number of aromatic amines is 1. The highest BCUT2D eigenvalue weighted by molar-refractivity contribution is 5.96. The SMILES string of the molecule is O=C(NC1(c2ccc(C(F)(F)F)cc2)CCCC1)c1cnc2nc[nH]c2c1. The molecule has 0 atom stereocenters. The molecule has 0 unspecified atom stereocenters. The van der Waals surface area contributed by atoms with Crippen molar-refractivity contribution in [3.63, 3.8) is 0 Å². The molecule has 0 bridgehead atoms. The smallest absolute Gasteiger partial charge is 0.343 e. The summed E-state index contributed by atoms with van der Waals surface area (Å²) in [5, 5.41) is 3.05. The van der Waals surface area contributed by atoms with E-state index >= 15 is 0 Å². The number of hydrogen-bond donors (Lipinski definition) is 2. The quantitative estimate of drug-likeness (QED) is 0.723. The Morgan fingerprint density at radius 2 is 1.81 bits per heavy atom. The van der Waals surface area contributed by atoms with Crippen LogP contribution in [0.2, 0.25) is 0 Å². The van der Waals surface area contributed by atoms with Gasteiger partial charge in [-0.1, -0.05) is 25.0 Å². The van der Waals surface area contributed by atoms with Crippen molar-refractivity contribution < 1.29 is 18.0 Å². The Morgan fingerprint density at radius 1 is 1.11 bits per heavy atom. The number of carbonyl (C=O) groups excluding carboxylic acids is 1. The lowest BCUT2D eigenvalue weighted by atomic mass is 9.87. The zero-order valence-corrected chi connectivity index (χ0v) is 14.3. The summed E-state index contributed by atoms with van der Waals surface area (Å²) < 4.78 is 38.5. The summed E-state index contributed by atoms with van der Waals surface area (Å²) in [6.45, 7) is 0. The van der Waals surface area contributed by atoms with E-state index in [4.69, 9.17) is 0 Å². The third-order valence-corrected chi connectivity index (χ3v) is 5.11. The molecule has 2 N–H and O–H groups in total. The standard InChI is InChI=1S/C19H17F3N4O/c20-19(21,22)14-5-3-13(4-6-14)18(7-1-2-8-18)26-17(27)12-9-15-16(23-10-12)25-11-24-15/h3-6,9-11H,1-2,7-8H2,(H,26,27)(H,23,24,25). The Labute approximate surface area is 153 Å². The number of imidazole rings is 1. The number of aromatic nitrogens is 3. The number of hydrogen-bond acceptors (Lipinski definition) is 3. The summed E-state index contributed by atoms with van der Waals surface area (Å²) in [6, 6.07) is 6.73. The number of amides is 1. The van der Waals surface area contributed by atoms with Crippen LogP contribution in [0.15, 0.2) is 42.9 Å². The second kappa shape index (κ2) is 6.37. The zero-order chi connectivity index (χ0) is 19.1. The topological polar surface area (TPSA) is 70.7 Å². The number of pyridine rings is 1. The summed E-state index contributed by atoms with van der Waals surface area (Å²) in [7, 11) is 0. The summed E-state index contributed by atoms with van der Waals surface area (Å²) in [5.41, 5.74) is 0.883. The number of rotatable bonds is 3. The van der Waals surface area contributed by atoms with E-state index in [1.54, 1.807) is 6.07 Å². The minimum atomic E-state index is -4.38. The van der Waals surface area contributed by atoms with Crippen LogP contribution in [0.3, 0.4) is 0 Å². The molecular weight excluding hydrogens is 357 g/mol. The zero-order valence-electron chi connectivity index (χ0n) is 14.3. The van der Waals surface area contributed by atoms with Crippen LogP contribution in [0.25, 0.3) is 11.2 Å². The molecule has 140 valence electrons. The van der Waals surface area contributed by atoms with E-state index in [-0.39, 0.29) is 5.91 Å². The summed E-state index contributed by atoms with van der Waals surface area (Å²) in [4.78, 5) is 23.9. The molecular formula is C19H17F3N4O. The van der Waals surface area contributed by atoms with Gasteiger partial charge in [0.1, 0.15) is 0 Å². The van der Waals surface area contributed by atoms with E-state index < -0.39 is 17.3 Å².